The van der Waals surface area contributed by atoms with Crippen LogP contribution in [0.1, 0.15) is 12.8 Å². The molecule has 16 heavy (non-hydrogen) atoms. The monoisotopic (exact) mass is 229 g/mol. The SMILES string of the molecule is COCCC(N)C(=O)N1CCNC(=O)CC1. The summed E-state index contributed by atoms with van der Waals surface area (Å²) < 4.78 is 4.87. The molecule has 6 heteroatoms. The molecule has 1 unspecified atom stereocenters. The normalized spacial score (nSPS) is 18.9. The van der Waals surface area contributed by atoms with Crippen LogP contribution in [0.2, 0.25) is 0 Å². The Kier molecular flexibility index (Phi) is 5.21. The maximum absolute atomic E-state index is 11.9. The van der Waals surface area contributed by atoms with Gasteiger partial charge in [0.2, 0.25) is 11.8 Å². The van der Waals surface area contributed by atoms with Crippen molar-refractivity contribution in [1.29, 1.82) is 0 Å². The number of amides is 2. The third-order valence-corrected chi connectivity index (χ3v) is 2.57. The Hall–Kier alpha value is -1.14. The smallest absolute Gasteiger partial charge is 0.239 e. The van der Waals surface area contributed by atoms with E-state index in [0.717, 1.165) is 0 Å². The first kappa shape index (κ1) is 12.9. The largest absolute Gasteiger partial charge is 0.385 e. The maximum atomic E-state index is 11.9. The molecule has 1 saturated heterocycles. The van der Waals surface area contributed by atoms with Crippen molar-refractivity contribution >= 4 is 11.8 Å². The summed E-state index contributed by atoms with van der Waals surface area (Å²) in [6.45, 7) is 1.95. The number of nitrogens with one attached hydrogen (secondary N) is 1. The molecule has 1 heterocycles. The van der Waals surface area contributed by atoms with E-state index < -0.39 is 6.04 Å². The Morgan fingerprint density at radius 2 is 2.38 bits per heavy atom. The van der Waals surface area contributed by atoms with Gasteiger partial charge in [0, 0.05) is 39.8 Å². The maximum Gasteiger partial charge on any atom is 0.239 e. The van der Waals surface area contributed by atoms with Gasteiger partial charge in [-0.25, -0.2) is 0 Å². The fraction of sp³-hybridized carbons (Fsp3) is 0.800. The second-order valence-electron chi connectivity index (χ2n) is 3.81. The van der Waals surface area contributed by atoms with Gasteiger partial charge in [0.15, 0.2) is 0 Å². The summed E-state index contributed by atoms with van der Waals surface area (Å²) in [5, 5.41) is 2.71. The standard InChI is InChI=1S/C10H19N3O3/c1-16-7-3-8(11)10(15)13-5-2-9(14)12-4-6-13/h8H,2-7,11H2,1H3,(H,12,14). The van der Waals surface area contributed by atoms with Crippen LogP contribution in [-0.4, -0.2) is 56.1 Å². The van der Waals surface area contributed by atoms with E-state index in [4.69, 9.17) is 10.5 Å². The van der Waals surface area contributed by atoms with Crippen molar-refractivity contribution in [2.75, 3.05) is 33.4 Å². The molecular weight excluding hydrogens is 210 g/mol. The average molecular weight is 229 g/mol. The van der Waals surface area contributed by atoms with Gasteiger partial charge in [0.05, 0.1) is 6.04 Å². The lowest BCUT2D eigenvalue weighted by Gasteiger charge is -2.23. The molecule has 1 atom stereocenters. The second-order valence-corrected chi connectivity index (χ2v) is 3.81. The third-order valence-electron chi connectivity index (χ3n) is 2.57. The van der Waals surface area contributed by atoms with Crippen molar-refractivity contribution < 1.29 is 14.3 Å². The van der Waals surface area contributed by atoms with Crippen molar-refractivity contribution in [3.63, 3.8) is 0 Å². The molecule has 0 aromatic carbocycles. The van der Waals surface area contributed by atoms with Crippen LogP contribution in [0.4, 0.5) is 0 Å². The summed E-state index contributed by atoms with van der Waals surface area (Å²) >= 11 is 0. The van der Waals surface area contributed by atoms with Crippen LogP contribution in [0, 0.1) is 0 Å². The molecule has 1 aliphatic heterocycles. The lowest BCUT2D eigenvalue weighted by molar-refractivity contribution is -0.132. The molecule has 6 nitrogen and oxygen atoms in total. The summed E-state index contributed by atoms with van der Waals surface area (Å²) in [5.41, 5.74) is 5.74. The number of methoxy groups -OCH3 is 1. The molecule has 0 spiro atoms. The van der Waals surface area contributed by atoms with Crippen LogP contribution < -0.4 is 11.1 Å². The Morgan fingerprint density at radius 3 is 3.06 bits per heavy atom. The van der Waals surface area contributed by atoms with E-state index in [-0.39, 0.29) is 11.8 Å². The van der Waals surface area contributed by atoms with Crippen LogP contribution in [-0.2, 0) is 14.3 Å². The van der Waals surface area contributed by atoms with Crippen LogP contribution in [0.3, 0.4) is 0 Å². The Morgan fingerprint density at radius 1 is 1.62 bits per heavy atom. The van der Waals surface area contributed by atoms with E-state index in [2.05, 4.69) is 5.32 Å². The van der Waals surface area contributed by atoms with E-state index in [1.807, 2.05) is 0 Å². The highest BCUT2D eigenvalue weighted by Crippen LogP contribution is 2.01. The minimum Gasteiger partial charge on any atom is -0.385 e. The highest BCUT2D eigenvalue weighted by atomic mass is 16.5. The lowest BCUT2D eigenvalue weighted by atomic mass is 10.2. The zero-order valence-corrected chi connectivity index (χ0v) is 9.57. The number of rotatable bonds is 4. The highest BCUT2D eigenvalue weighted by Gasteiger charge is 2.22. The number of hydrogen-bond donors (Lipinski definition) is 2. The minimum atomic E-state index is -0.534. The van der Waals surface area contributed by atoms with Crippen LogP contribution in [0.5, 0.6) is 0 Å². The van der Waals surface area contributed by atoms with Gasteiger partial charge in [0.1, 0.15) is 0 Å². The summed E-state index contributed by atoms with van der Waals surface area (Å²) in [5.74, 6) is -0.116. The number of carbonyl (C=O) groups is 2. The van der Waals surface area contributed by atoms with Gasteiger partial charge in [-0.3, -0.25) is 9.59 Å². The molecule has 0 bridgehead atoms. The fourth-order valence-electron chi connectivity index (χ4n) is 1.59. The molecule has 0 aromatic heterocycles. The molecule has 0 saturated carbocycles. The molecule has 0 aliphatic carbocycles. The van der Waals surface area contributed by atoms with Gasteiger partial charge in [-0.05, 0) is 6.42 Å². The zero-order chi connectivity index (χ0) is 12.0. The van der Waals surface area contributed by atoms with E-state index in [1.165, 1.54) is 0 Å². The van der Waals surface area contributed by atoms with E-state index >= 15 is 0 Å². The number of nitrogens with two attached hydrogens (primary N) is 1. The molecular formula is C10H19N3O3. The first-order valence-corrected chi connectivity index (χ1v) is 5.45. The van der Waals surface area contributed by atoms with Crippen molar-refractivity contribution in [1.82, 2.24) is 10.2 Å². The number of nitrogens with zero attached hydrogens (tertiary/aromatic N) is 1. The molecule has 1 fully saturated rings. The van der Waals surface area contributed by atoms with Crippen molar-refractivity contribution in [2.45, 2.75) is 18.9 Å². The third kappa shape index (κ3) is 3.79. The molecule has 0 radical (unpaired) electrons. The van der Waals surface area contributed by atoms with E-state index in [0.29, 0.717) is 39.1 Å². The van der Waals surface area contributed by atoms with Crippen LogP contribution >= 0.6 is 0 Å². The molecule has 2 amide bonds. The van der Waals surface area contributed by atoms with Gasteiger partial charge in [-0.2, -0.15) is 0 Å². The Balaban J connectivity index is 2.42. The molecule has 1 aliphatic rings. The van der Waals surface area contributed by atoms with Gasteiger partial charge in [-0.15, -0.1) is 0 Å². The van der Waals surface area contributed by atoms with Gasteiger partial charge in [-0.1, -0.05) is 0 Å². The first-order valence-electron chi connectivity index (χ1n) is 5.45. The molecule has 1 rings (SSSR count). The fourth-order valence-corrected chi connectivity index (χ4v) is 1.59. The molecule has 92 valence electrons. The molecule has 3 N–H and O–H groups in total. The van der Waals surface area contributed by atoms with Gasteiger partial charge in [0.25, 0.3) is 0 Å². The number of ether oxygens (including phenoxy) is 1. The first-order chi connectivity index (χ1) is 7.65. The summed E-state index contributed by atoms with van der Waals surface area (Å²) in [6.07, 6.45) is 0.857. The Labute approximate surface area is 95.1 Å². The zero-order valence-electron chi connectivity index (χ0n) is 9.57. The average Bonchev–Trinajstić information content (AvgIpc) is 2.50. The summed E-state index contributed by atoms with van der Waals surface area (Å²) in [6, 6.07) is -0.534. The van der Waals surface area contributed by atoms with Crippen molar-refractivity contribution in [3.05, 3.63) is 0 Å². The van der Waals surface area contributed by atoms with Gasteiger partial charge >= 0.3 is 0 Å². The minimum absolute atomic E-state index is 0.0132. The predicted molar refractivity (Wildman–Crippen MR) is 58.7 cm³/mol. The predicted octanol–water partition coefficient (Wildman–Crippen LogP) is -1.30. The summed E-state index contributed by atoms with van der Waals surface area (Å²) in [7, 11) is 1.58. The van der Waals surface area contributed by atoms with Crippen molar-refractivity contribution in [2.24, 2.45) is 5.73 Å². The lowest BCUT2D eigenvalue weighted by Crippen LogP contribution is -2.45. The Bertz CT molecular complexity index is 258. The number of hydrogen-bond acceptors (Lipinski definition) is 4. The highest BCUT2D eigenvalue weighted by molar-refractivity contribution is 5.83. The number of carbonyl (C=O) groups excluding carboxylic acids is 2. The topological polar surface area (TPSA) is 84.7 Å². The second kappa shape index (κ2) is 6.44. The summed E-state index contributed by atoms with van der Waals surface area (Å²) in [4.78, 5) is 24.6. The van der Waals surface area contributed by atoms with Crippen LogP contribution in [0.25, 0.3) is 0 Å². The van der Waals surface area contributed by atoms with E-state index in [1.54, 1.807) is 12.0 Å². The van der Waals surface area contributed by atoms with E-state index in [9.17, 15) is 9.59 Å². The van der Waals surface area contributed by atoms with Gasteiger partial charge < -0.3 is 20.7 Å². The molecule has 0 aromatic rings. The van der Waals surface area contributed by atoms with Crippen molar-refractivity contribution in [3.8, 4) is 0 Å². The quantitative estimate of drug-likeness (QED) is 0.627. The van der Waals surface area contributed by atoms with Crippen LogP contribution in [0.15, 0.2) is 0 Å².